The highest BCUT2D eigenvalue weighted by Gasteiger charge is 2.25. The van der Waals surface area contributed by atoms with E-state index < -0.39 is 0 Å². The molecule has 1 aromatic heterocycles. The van der Waals surface area contributed by atoms with Gasteiger partial charge in [0.25, 0.3) is 5.56 Å². The number of nitrogens with zero attached hydrogens (tertiary/aromatic N) is 1. The Hall–Kier alpha value is -2.94. The molecular formula is C25H25NO2. The molecule has 2 aromatic carbocycles. The molecule has 0 saturated carbocycles. The molecule has 0 bridgehead atoms. The molecule has 28 heavy (non-hydrogen) atoms. The molecule has 1 heterocycles. The second kappa shape index (κ2) is 7.23. The lowest BCUT2D eigenvalue weighted by atomic mass is 9.78. The van der Waals surface area contributed by atoms with Crippen LogP contribution in [0, 0.1) is 6.92 Å². The van der Waals surface area contributed by atoms with Gasteiger partial charge in [0.15, 0.2) is 0 Å². The highest BCUT2D eigenvalue weighted by molar-refractivity contribution is 5.85. The van der Waals surface area contributed by atoms with Crippen LogP contribution in [0.3, 0.4) is 0 Å². The van der Waals surface area contributed by atoms with Crippen molar-refractivity contribution in [3.8, 4) is 11.1 Å². The monoisotopic (exact) mass is 371 g/mol. The van der Waals surface area contributed by atoms with Gasteiger partial charge in [0.1, 0.15) is 5.78 Å². The number of Topliss-reactive ketones (excluding diaryl/α,β-unsaturated/α-hetero) is 1. The molecule has 0 radical (unpaired) electrons. The summed E-state index contributed by atoms with van der Waals surface area (Å²) in [5.74, 6) is 0.522. The van der Waals surface area contributed by atoms with E-state index in [1.54, 1.807) is 11.6 Å². The lowest BCUT2D eigenvalue weighted by Gasteiger charge is -2.26. The van der Waals surface area contributed by atoms with E-state index in [1.807, 2.05) is 25.3 Å². The van der Waals surface area contributed by atoms with E-state index >= 15 is 0 Å². The summed E-state index contributed by atoms with van der Waals surface area (Å²) in [6, 6.07) is 16.7. The normalized spacial score (nSPS) is 14.6. The first-order chi connectivity index (χ1) is 13.5. The van der Waals surface area contributed by atoms with E-state index in [4.69, 9.17) is 0 Å². The Morgan fingerprint density at radius 2 is 1.75 bits per heavy atom. The van der Waals surface area contributed by atoms with Crippen LogP contribution in [-0.2, 0) is 24.7 Å². The maximum atomic E-state index is 12.2. The Kier molecular flexibility index (Phi) is 4.76. The number of aromatic nitrogens is 1. The van der Waals surface area contributed by atoms with Gasteiger partial charge in [-0.2, -0.15) is 0 Å². The molecule has 3 nitrogen and oxygen atoms in total. The van der Waals surface area contributed by atoms with Gasteiger partial charge in [0, 0.05) is 37.6 Å². The predicted molar refractivity (Wildman–Crippen MR) is 113 cm³/mol. The first-order valence-electron chi connectivity index (χ1n) is 9.84. The fourth-order valence-corrected chi connectivity index (χ4v) is 4.42. The maximum absolute atomic E-state index is 12.2. The molecule has 1 unspecified atom stereocenters. The largest absolute Gasteiger partial charge is 0.318 e. The van der Waals surface area contributed by atoms with E-state index in [-0.39, 0.29) is 11.5 Å². The first kappa shape index (κ1) is 18.4. The Labute approximate surface area is 165 Å². The third-order valence-corrected chi connectivity index (χ3v) is 5.90. The minimum Gasteiger partial charge on any atom is -0.318 e. The number of aryl methyl sites for hydroxylation is 2. The molecule has 0 aliphatic heterocycles. The average Bonchev–Trinajstić information content (AvgIpc) is 2.70. The lowest BCUT2D eigenvalue weighted by Crippen LogP contribution is -2.19. The lowest BCUT2D eigenvalue weighted by molar-refractivity contribution is -0.118. The minimum atomic E-state index is 0.0324. The van der Waals surface area contributed by atoms with Crippen LogP contribution in [0.1, 0.15) is 47.1 Å². The van der Waals surface area contributed by atoms with E-state index in [1.165, 1.54) is 16.7 Å². The number of fused-ring (bicyclic) bond motifs is 1. The van der Waals surface area contributed by atoms with Crippen molar-refractivity contribution < 1.29 is 4.79 Å². The van der Waals surface area contributed by atoms with Crippen LogP contribution >= 0.6 is 0 Å². The van der Waals surface area contributed by atoms with E-state index in [9.17, 15) is 9.59 Å². The standard InChI is InChI=1S/C25H25NO2/c1-16-13-20(15-26(3)25(16)28)23-11-9-19-14-21(27)10-12-22(19)24(23)17(2)18-7-5-4-6-8-18/h4-9,11,13,15,17H,10,12,14H2,1-3H3. The molecule has 4 rings (SSSR count). The van der Waals surface area contributed by atoms with Gasteiger partial charge in [-0.15, -0.1) is 0 Å². The quantitative estimate of drug-likeness (QED) is 0.676. The molecule has 1 atom stereocenters. The molecule has 0 saturated heterocycles. The van der Waals surface area contributed by atoms with Gasteiger partial charge in [-0.1, -0.05) is 49.4 Å². The van der Waals surface area contributed by atoms with E-state index in [0.717, 1.165) is 28.7 Å². The van der Waals surface area contributed by atoms with Gasteiger partial charge in [-0.05, 0) is 52.8 Å². The molecule has 0 amide bonds. The summed E-state index contributed by atoms with van der Waals surface area (Å²) in [7, 11) is 1.80. The number of carbonyl (C=O) groups excluding carboxylic acids is 1. The van der Waals surface area contributed by atoms with Crippen LogP contribution in [0.15, 0.2) is 59.5 Å². The van der Waals surface area contributed by atoms with Crippen molar-refractivity contribution >= 4 is 5.78 Å². The molecule has 0 spiro atoms. The van der Waals surface area contributed by atoms with Crippen LogP contribution in [0.5, 0.6) is 0 Å². The summed E-state index contributed by atoms with van der Waals surface area (Å²) in [6.07, 6.45) is 3.85. The van der Waals surface area contributed by atoms with Gasteiger partial charge < -0.3 is 4.57 Å². The van der Waals surface area contributed by atoms with Gasteiger partial charge in [0.2, 0.25) is 0 Å². The molecule has 1 aliphatic carbocycles. The summed E-state index contributed by atoms with van der Waals surface area (Å²) in [5, 5.41) is 0. The van der Waals surface area contributed by atoms with Crippen molar-refractivity contribution in [2.24, 2.45) is 7.05 Å². The van der Waals surface area contributed by atoms with Gasteiger partial charge in [-0.25, -0.2) is 0 Å². The second-order valence-corrected chi connectivity index (χ2v) is 7.84. The smallest absolute Gasteiger partial charge is 0.253 e. The summed E-state index contributed by atoms with van der Waals surface area (Å²) >= 11 is 0. The minimum absolute atomic E-state index is 0.0324. The first-order valence-corrected chi connectivity index (χ1v) is 9.84. The topological polar surface area (TPSA) is 39.1 Å². The van der Waals surface area contributed by atoms with Crippen molar-refractivity contribution in [3.05, 3.63) is 92.9 Å². The van der Waals surface area contributed by atoms with Crippen LogP contribution < -0.4 is 5.56 Å². The highest BCUT2D eigenvalue weighted by atomic mass is 16.1. The van der Waals surface area contributed by atoms with E-state index in [2.05, 4.69) is 43.3 Å². The highest BCUT2D eigenvalue weighted by Crippen LogP contribution is 2.39. The average molecular weight is 371 g/mol. The fraction of sp³-hybridized carbons (Fsp3) is 0.280. The molecule has 142 valence electrons. The third kappa shape index (κ3) is 3.22. The van der Waals surface area contributed by atoms with Crippen LogP contribution in [-0.4, -0.2) is 10.4 Å². The number of rotatable bonds is 3. The van der Waals surface area contributed by atoms with Gasteiger partial charge in [0.05, 0.1) is 0 Å². The number of benzene rings is 2. The molecular weight excluding hydrogens is 346 g/mol. The molecule has 3 aromatic rings. The Morgan fingerprint density at radius 3 is 2.46 bits per heavy atom. The number of hydrogen-bond acceptors (Lipinski definition) is 2. The van der Waals surface area contributed by atoms with Gasteiger partial charge in [-0.3, -0.25) is 9.59 Å². The van der Waals surface area contributed by atoms with Crippen LogP contribution in [0.25, 0.3) is 11.1 Å². The summed E-state index contributed by atoms with van der Waals surface area (Å²) in [5.41, 5.74) is 7.99. The molecule has 1 aliphatic rings. The van der Waals surface area contributed by atoms with Crippen LogP contribution in [0.2, 0.25) is 0 Å². The number of carbonyl (C=O) groups is 1. The summed E-state index contributed by atoms with van der Waals surface area (Å²) < 4.78 is 1.66. The zero-order chi connectivity index (χ0) is 19.8. The van der Waals surface area contributed by atoms with E-state index in [0.29, 0.717) is 18.6 Å². The molecule has 0 fully saturated rings. The number of pyridine rings is 1. The molecule has 0 N–H and O–H groups in total. The van der Waals surface area contributed by atoms with Crippen molar-refractivity contribution in [1.82, 2.24) is 4.57 Å². The molecule has 3 heteroatoms. The number of hydrogen-bond donors (Lipinski definition) is 0. The number of ketones is 1. The fourth-order valence-electron chi connectivity index (χ4n) is 4.42. The maximum Gasteiger partial charge on any atom is 0.253 e. The van der Waals surface area contributed by atoms with Crippen molar-refractivity contribution in [1.29, 1.82) is 0 Å². The van der Waals surface area contributed by atoms with Crippen molar-refractivity contribution in [3.63, 3.8) is 0 Å². The summed E-state index contributed by atoms with van der Waals surface area (Å²) in [6.45, 7) is 4.10. The SMILES string of the molecule is Cc1cc(-c2ccc3c(c2C(C)c2ccccc2)CCC(=O)C3)cn(C)c1=O. The predicted octanol–water partition coefficient (Wildman–Crippen LogP) is 4.57. The Balaban J connectivity index is 1.97. The Morgan fingerprint density at radius 1 is 1.00 bits per heavy atom. The van der Waals surface area contributed by atoms with Gasteiger partial charge >= 0.3 is 0 Å². The third-order valence-electron chi connectivity index (χ3n) is 5.90. The zero-order valence-corrected chi connectivity index (χ0v) is 16.7. The summed E-state index contributed by atoms with van der Waals surface area (Å²) in [4.78, 5) is 24.2. The zero-order valence-electron chi connectivity index (χ0n) is 16.7. The second-order valence-electron chi connectivity index (χ2n) is 7.84. The van der Waals surface area contributed by atoms with Crippen molar-refractivity contribution in [2.45, 2.75) is 39.0 Å². The van der Waals surface area contributed by atoms with Crippen molar-refractivity contribution in [2.75, 3.05) is 0 Å². The van der Waals surface area contributed by atoms with Crippen LogP contribution in [0.4, 0.5) is 0 Å². The Bertz CT molecular complexity index is 1080.